The van der Waals surface area contributed by atoms with Gasteiger partial charge in [0.15, 0.2) is 0 Å². The number of nitrogens with zero attached hydrogens (tertiary/aromatic N) is 1. The van der Waals surface area contributed by atoms with Crippen molar-refractivity contribution < 1.29 is 49.5 Å². The van der Waals surface area contributed by atoms with Crippen LogP contribution in [0.5, 0.6) is 0 Å². The van der Waals surface area contributed by atoms with Crippen molar-refractivity contribution in [2.75, 3.05) is 18.0 Å². The molecule has 3 amide bonds. The summed E-state index contributed by atoms with van der Waals surface area (Å²) in [6.45, 7) is -2.05. The predicted molar refractivity (Wildman–Crippen MR) is 119 cm³/mol. The van der Waals surface area contributed by atoms with Crippen molar-refractivity contribution in [3.05, 3.63) is 54.1 Å². The standard InChI is InChI=1S/C24H21F8N3O3/c1-21(2,19(37)33-11-22(25,26)24(30,31)32)20(38)34-17-15-9-4-3-7-13(15)14-8-5-6-10-16(14)35(18(17)36)12-23(27,28)29/h3-10,17H,11-12H2,1-2H3,(H,33,37)(H,34,38)/t17-/m0/s1. The zero-order chi connectivity index (χ0) is 28.7. The van der Waals surface area contributed by atoms with E-state index in [4.69, 9.17) is 0 Å². The molecule has 2 aromatic carbocycles. The monoisotopic (exact) mass is 551 g/mol. The number of halogens is 8. The number of alkyl halides is 8. The Morgan fingerprint density at radius 3 is 1.97 bits per heavy atom. The van der Waals surface area contributed by atoms with E-state index in [1.807, 2.05) is 0 Å². The van der Waals surface area contributed by atoms with Crippen LogP contribution >= 0.6 is 0 Å². The van der Waals surface area contributed by atoms with Crippen LogP contribution in [-0.2, 0) is 14.4 Å². The molecule has 0 radical (unpaired) electrons. The normalized spacial score (nSPS) is 16.3. The van der Waals surface area contributed by atoms with Crippen LogP contribution in [0.4, 0.5) is 40.8 Å². The number of anilines is 1. The molecule has 0 saturated carbocycles. The number of rotatable bonds is 6. The largest absolute Gasteiger partial charge is 0.455 e. The van der Waals surface area contributed by atoms with Crippen molar-refractivity contribution in [1.82, 2.24) is 10.6 Å². The molecule has 0 aliphatic carbocycles. The maximum absolute atomic E-state index is 13.4. The highest BCUT2D eigenvalue weighted by Crippen LogP contribution is 2.41. The van der Waals surface area contributed by atoms with Gasteiger partial charge in [-0.25, -0.2) is 0 Å². The van der Waals surface area contributed by atoms with Gasteiger partial charge in [0.2, 0.25) is 11.8 Å². The third-order valence-electron chi connectivity index (χ3n) is 5.90. The predicted octanol–water partition coefficient (Wildman–Crippen LogP) is 4.76. The molecule has 0 bridgehead atoms. The smallest absolute Gasteiger partial charge is 0.349 e. The van der Waals surface area contributed by atoms with E-state index in [9.17, 15) is 49.5 Å². The van der Waals surface area contributed by atoms with Gasteiger partial charge in [-0.1, -0.05) is 42.5 Å². The van der Waals surface area contributed by atoms with Gasteiger partial charge in [-0.2, -0.15) is 35.1 Å². The molecule has 38 heavy (non-hydrogen) atoms. The topological polar surface area (TPSA) is 78.5 Å². The van der Waals surface area contributed by atoms with Crippen LogP contribution in [0.2, 0.25) is 0 Å². The number of nitrogens with one attached hydrogen (secondary N) is 2. The molecule has 3 rings (SSSR count). The first-order chi connectivity index (χ1) is 17.4. The van der Waals surface area contributed by atoms with Gasteiger partial charge in [0.1, 0.15) is 18.0 Å². The first-order valence-corrected chi connectivity index (χ1v) is 11.0. The quantitative estimate of drug-likeness (QED) is 0.402. The fraction of sp³-hybridized carbons (Fsp3) is 0.375. The molecule has 0 unspecified atom stereocenters. The maximum Gasteiger partial charge on any atom is 0.455 e. The lowest BCUT2D eigenvalue weighted by Crippen LogP contribution is -2.54. The van der Waals surface area contributed by atoms with E-state index >= 15 is 0 Å². The van der Waals surface area contributed by atoms with Crippen LogP contribution in [0.25, 0.3) is 11.1 Å². The molecule has 1 aliphatic heterocycles. The Bertz CT molecular complexity index is 1240. The third kappa shape index (κ3) is 5.73. The zero-order valence-electron chi connectivity index (χ0n) is 19.8. The number of amides is 3. The van der Waals surface area contributed by atoms with E-state index in [-0.39, 0.29) is 16.8 Å². The number of fused-ring (bicyclic) bond motifs is 3. The minimum Gasteiger partial charge on any atom is -0.349 e. The summed E-state index contributed by atoms with van der Waals surface area (Å²) in [4.78, 5) is 39.3. The summed E-state index contributed by atoms with van der Waals surface area (Å²) < 4.78 is 104. The number of para-hydroxylation sites is 1. The highest BCUT2D eigenvalue weighted by molar-refractivity contribution is 6.09. The van der Waals surface area contributed by atoms with E-state index in [1.165, 1.54) is 47.8 Å². The van der Waals surface area contributed by atoms with E-state index in [2.05, 4.69) is 5.32 Å². The number of benzene rings is 2. The lowest BCUT2D eigenvalue weighted by atomic mass is 9.89. The molecule has 6 nitrogen and oxygen atoms in total. The Balaban J connectivity index is 1.96. The molecule has 0 aromatic heterocycles. The first-order valence-electron chi connectivity index (χ1n) is 11.0. The summed E-state index contributed by atoms with van der Waals surface area (Å²) in [7, 11) is 0. The van der Waals surface area contributed by atoms with Crippen LogP contribution in [0.15, 0.2) is 48.5 Å². The van der Waals surface area contributed by atoms with Gasteiger partial charge in [-0.15, -0.1) is 0 Å². The third-order valence-corrected chi connectivity index (χ3v) is 5.90. The second-order valence-corrected chi connectivity index (χ2v) is 9.06. The Morgan fingerprint density at radius 1 is 0.842 bits per heavy atom. The SMILES string of the molecule is CC(C)(C(=O)NCC(F)(F)C(F)(F)F)C(=O)N[C@@H]1C(=O)N(CC(F)(F)F)c2ccccc2-c2ccccc21. The van der Waals surface area contributed by atoms with Crippen LogP contribution < -0.4 is 15.5 Å². The molecule has 0 fully saturated rings. The molecule has 0 saturated heterocycles. The van der Waals surface area contributed by atoms with Crippen molar-refractivity contribution in [3.63, 3.8) is 0 Å². The number of carbonyl (C=O) groups is 3. The fourth-order valence-corrected chi connectivity index (χ4v) is 3.75. The number of hydrogen-bond acceptors (Lipinski definition) is 3. The van der Waals surface area contributed by atoms with Crippen LogP contribution in [0, 0.1) is 5.41 Å². The average molecular weight is 551 g/mol. The first kappa shape index (κ1) is 28.9. The van der Waals surface area contributed by atoms with Gasteiger partial charge >= 0.3 is 18.3 Å². The molecule has 1 aliphatic rings. The lowest BCUT2D eigenvalue weighted by Gasteiger charge is -2.30. The second-order valence-electron chi connectivity index (χ2n) is 9.06. The molecule has 14 heteroatoms. The van der Waals surface area contributed by atoms with E-state index < -0.39 is 60.5 Å². The number of hydrogen-bond donors (Lipinski definition) is 2. The minimum atomic E-state index is -5.96. The van der Waals surface area contributed by atoms with E-state index in [0.29, 0.717) is 10.5 Å². The Labute approximate surface area is 211 Å². The fourth-order valence-electron chi connectivity index (χ4n) is 3.75. The molecular weight excluding hydrogens is 530 g/mol. The maximum atomic E-state index is 13.4. The van der Waals surface area contributed by atoms with Gasteiger partial charge in [0, 0.05) is 5.56 Å². The molecule has 206 valence electrons. The van der Waals surface area contributed by atoms with Gasteiger partial charge in [-0.05, 0) is 31.0 Å². The van der Waals surface area contributed by atoms with Crippen molar-refractivity contribution in [2.45, 2.75) is 38.2 Å². The van der Waals surface area contributed by atoms with Gasteiger partial charge in [0.25, 0.3) is 5.91 Å². The summed E-state index contributed by atoms with van der Waals surface area (Å²) in [6, 6.07) is 9.87. The summed E-state index contributed by atoms with van der Waals surface area (Å²) in [6.07, 6.45) is -10.8. The van der Waals surface area contributed by atoms with Gasteiger partial charge < -0.3 is 15.5 Å². The Kier molecular flexibility index (Phi) is 7.50. The minimum absolute atomic E-state index is 0.0859. The molecule has 1 heterocycles. The van der Waals surface area contributed by atoms with Crippen molar-refractivity contribution >= 4 is 23.4 Å². The van der Waals surface area contributed by atoms with Crippen LogP contribution in [0.1, 0.15) is 25.5 Å². The van der Waals surface area contributed by atoms with Crippen LogP contribution in [0.3, 0.4) is 0 Å². The summed E-state index contributed by atoms with van der Waals surface area (Å²) in [5, 5.41) is 3.57. The summed E-state index contributed by atoms with van der Waals surface area (Å²) >= 11 is 0. The summed E-state index contributed by atoms with van der Waals surface area (Å²) in [5.41, 5.74) is -1.75. The van der Waals surface area contributed by atoms with E-state index in [0.717, 1.165) is 13.8 Å². The van der Waals surface area contributed by atoms with Crippen molar-refractivity contribution in [1.29, 1.82) is 0 Å². The van der Waals surface area contributed by atoms with Crippen molar-refractivity contribution in [2.24, 2.45) is 5.41 Å². The highest BCUT2D eigenvalue weighted by Gasteiger charge is 2.58. The van der Waals surface area contributed by atoms with Gasteiger partial charge in [0.05, 0.1) is 12.2 Å². The molecule has 1 atom stereocenters. The average Bonchev–Trinajstić information content (AvgIpc) is 2.90. The Morgan fingerprint density at radius 2 is 1.39 bits per heavy atom. The molecule has 2 N–H and O–H groups in total. The zero-order valence-corrected chi connectivity index (χ0v) is 19.8. The Hall–Kier alpha value is -3.71. The van der Waals surface area contributed by atoms with E-state index in [1.54, 1.807) is 6.07 Å². The molecule has 0 spiro atoms. The lowest BCUT2D eigenvalue weighted by molar-refractivity contribution is -0.278. The molecular formula is C24H21F8N3O3. The van der Waals surface area contributed by atoms with Crippen LogP contribution in [-0.4, -0.2) is 49.1 Å². The summed E-state index contributed by atoms with van der Waals surface area (Å²) in [5.74, 6) is -9.30. The number of carbonyl (C=O) groups excluding carboxylic acids is 3. The van der Waals surface area contributed by atoms with Crippen molar-refractivity contribution in [3.8, 4) is 11.1 Å². The van der Waals surface area contributed by atoms with Gasteiger partial charge in [-0.3, -0.25) is 14.4 Å². The second kappa shape index (κ2) is 9.87. The molecule has 2 aromatic rings. The highest BCUT2D eigenvalue weighted by atomic mass is 19.4.